The zero-order valence-electron chi connectivity index (χ0n) is 10.5. The molecule has 0 unspecified atom stereocenters. The summed E-state index contributed by atoms with van der Waals surface area (Å²) in [4.78, 5) is 37.3. The fraction of sp³-hybridized carbons (Fsp3) is 0. The van der Waals surface area contributed by atoms with E-state index in [-0.39, 0.29) is 0 Å². The Hall–Kier alpha value is -3.29. The van der Waals surface area contributed by atoms with E-state index in [2.05, 4.69) is 10.3 Å². The van der Waals surface area contributed by atoms with Gasteiger partial charge in [0.25, 0.3) is 11.6 Å². The summed E-state index contributed by atoms with van der Waals surface area (Å²) in [5, 5.41) is 22.4. The summed E-state index contributed by atoms with van der Waals surface area (Å²) >= 11 is 0. The van der Waals surface area contributed by atoms with Gasteiger partial charge in [0.05, 0.1) is 22.4 Å². The Morgan fingerprint density at radius 3 is 2.57 bits per heavy atom. The number of aromatic nitrogens is 1. The smallest absolute Gasteiger partial charge is 0.336 e. The maximum Gasteiger partial charge on any atom is 0.336 e. The first-order valence-corrected chi connectivity index (χ1v) is 5.73. The largest absolute Gasteiger partial charge is 0.478 e. The summed E-state index contributed by atoms with van der Waals surface area (Å²) in [5.74, 6) is -2.30. The van der Waals surface area contributed by atoms with E-state index in [4.69, 9.17) is 5.11 Å². The van der Waals surface area contributed by atoms with Crippen molar-refractivity contribution in [2.75, 3.05) is 5.32 Å². The van der Waals surface area contributed by atoms with Crippen LogP contribution >= 0.6 is 0 Å². The molecule has 0 aliphatic carbocycles. The first-order valence-electron chi connectivity index (χ1n) is 5.73. The molecule has 2 aromatic rings. The topological polar surface area (TPSA) is 122 Å². The number of nitro benzene ring substituents is 1. The number of carboxylic acid groups (broad SMARTS) is 1. The molecule has 1 heterocycles. The number of anilines is 1. The van der Waals surface area contributed by atoms with Crippen molar-refractivity contribution in [1.29, 1.82) is 0 Å². The van der Waals surface area contributed by atoms with Gasteiger partial charge in [0.15, 0.2) is 0 Å². The molecule has 21 heavy (non-hydrogen) atoms. The van der Waals surface area contributed by atoms with Crippen LogP contribution in [0, 0.1) is 10.1 Å². The van der Waals surface area contributed by atoms with Gasteiger partial charge < -0.3 is 10.4 Å². The van der Waals surface area contributed by atoms with Gasteiger partial charge >= 0.3 is 5.97 Å². The third kappa shape index (κ3) is 3.00. The molecule has 2 rings (SSSR count). The fourth-order valence-electron chi connectivity index (χ4n) is 1.74. The number of pyridine rings is 1. The van der Waals surface area contributed by atoms with Crippen molar-refractivity contribution in [3.63, 3.8) is 0 Å². The Bertz CT molecular complexity index is 683. The van der Waals surface area contributed by atoms with Crippen molar-refractivity contribution in [2.45, 2.75) is 0 Å². The minimum absolute atomic E-state index is 0.303. The second-order valence-corrected chi connectivity index (χ2v) is 3.96. The van der Waals surface area contributed by atoms with Gasteiger partial charge in [0, 0.05) is 12.3 Å². The van der Waals surface area contributed by atoms with Crippen molar-refractivity contribution < 1.29 is 19.6 Å². The molecule has 0 bridgehead atoms. The van der Waals surface area contributed by atoms with Crippen molar-refractivity contribution in [3.05, 3.63) is 64.0 Å². The fourth-order valence-corrected chi connectivity index (χ4v) is 1.74. The molecule has 1 aromatic carbocycles. The highest BCUT2D eigenvalue weighted by Gasteiger charge is 2.27. The Morgan fingerprint density at radius 2 is 2.00 bits per heavy atom. The Kier molecular flexibility index (Phi) is 3.89. The van der Waals surface area contributed by atoms with Crippen LogP contribution in [0.4, 0.5) is 11.4 Å². The lowest BCUT2D eigenvalue weighted by Gasteiger charge is -2.08. The number of carbonyl (C=O) groups excluding carboxylic acids is 1. The Balaban J connectivity index is 2.48. The van der Waals surface area contributed by atoms with E-state index < -0.39 is 33.6 Å². The number of carboxylic acids is 1. The molecule has 0 spiro atoms. The number of nitrogens with zero attached hydrogens (tertiary/aromatic N) is 2. The number of rotatable bonds is 4. The second kappa shape index (κ2) is 5.78. The molecule has 2 N–H and O–H groups in total. The molecule has 8 heteroatoms. The van der Waals surface area contributed by atoms with Gasteiger partial charge in [-0.2, -0.15) is 0 Å². The number of nitrogens with one attached hydrogen (secondary N) is 1. The summed E-state index contributed by atoms with van der Waals surface area (Å²) < 4.78 is 0. The van der Waals surface area contributed by atoms with Crippen LogP contribution in [0.1, 0.15) is 20.7 Å². The molecular formula is C13H9N3O5. The molecule has 0 saturated heterocycles. The van der Waals surface area contributed by atoms with E-state index in [0.29, 0.717) is 5.69 Å². The van der Waals surface area contributed by atoms with Gasteiger partial charge in [0.2, 0.25) is 0 Å². The molecule has 1 amide bonds. The van der Waals surface area contributed by atoms with Crippen molar-refractivity contribution in [2.24, 2.45) is 0 Å². The number of amides is 1. The molecule has 8 nitrogen and oxygen atoms in total. The van der Waals surface area contributed by atoms with Crippen LogP contribution in [0.25, 0.3) is 0 Å². The number of benzene rings is 1. The minimum atomic E-state index is -1.42. The average Bonchev–Trinajstić information content (AvgIpc) is 2.47. The highest BCUT2D eigenvalue weighted by molar-refractivity contribution is 6.13. The number of carbonyl (C=O) groups is 2. The van der Waals surface area contributed by atoms with Gasteiger partial charge in [0.1, 0.15) is 5.56 Å². The Labute approximate surface area is 118 Å². The van der Waals surface area contributed by atoms with Gasteiger partial charge in [-0.05, 0) is 18.2 Å². The number of hydrogen-bond acceptors (Lipinski definition) is 5. The number of hydrogen-bond donors (Lipinski definition) is 2. The molecular weight excluding hydrogens is 278 g/mol. The van der Waals surface area contributed by atoms with Gasteiger partial charge in [-0.15, -0.1) is 0 Å². The van der Waals surface area contributed by atoms with Crippen LogP contribution in [-0.4, -0.2) is 26.9 Å². The van der Waals surface area contributed by atoms with E-state index in [1.165, 1.54) is 24.5 Å². The van der Waals surface area contributed by atoms with E-state index in [9.17, 15) is 19.7 Å². The quantitative estimate of drug-likeness (QED) is 0.654. The summed E-state index contributed by atoms with van der Waals surface area (Å²) in [6, 6.07) is 6.51. The van der Waals surface area contributed by atoms with E-state index in [1.54, 1.807) is 6.07 Å². The van der Waals surface area contributed by atoms with Crippen molar-refractivity contribution in [3.8, 4) is 0 Å². The van der Waals surface area contributed by atoms with Gasteiger partial charge in [-0.1, -0.05) is 6.07 Å². The van der Waals surface area contributed by atoms with Crippen LogP contribution in [0.2, 0.25) is 0 Å². The maximum atomic E-state index is 12.2. The molecule has 0 aliphatic heterocycles. The van der Waals surface area contributed by atoms with Gasteiger partial charge in [-0.3, -0.25) is 19.9 Å². The van der Waals surface area contributed by atoms with Gasteiger partial charge in [-0.25, -0.2) is 4.79 Å². The van der Waals surface area contributed by atoms with E-state index in [1.807, 2.05) is 0 Å². The molecule has 0 aliphatic rings. The van der Waals surface area contributed by atoms with Crippen molar-refractivity contribution in [1.82, 2.24) is 4.98 Å². The highest BCUT2D eigenvalue weighted by Crippen LogP contribution is 2.23. The summed E-state index contributed by atoms with van der Waals surface area (Å²) in [5.41, 5.74) is -1.21. The van der Waals surface area contributed by atoms with E-state index >= 15 is 0 Å². The first-order chi connectivity index (χ1) is 10.0. The predicted molar refractivity (Wildman–Crippen MR) is 72.2 cm³/mol. The summed E-state index contributed by atoms with van der Waals surface area (Å²) in [7, 11) is 0. The number of nitro groups is 1. The highest BCUT2D eigenvalue weighted by atomic mass is 16.6. The zero-order valence-corrected chi connectivity index (χ0v) is 10.5. The lowest BCUT2D eigenvalue weighted by molar-refractivity contribution is -0.385. The zero-order chi connectivity index (χ0) is 15.4. The Morgan fingerprint density at radius 1 is 1.24 bits per heavy atom. The van der Waals surface area contributed by atoms with Crippen molar-refractivity contribution >= 4 is 23.3 Å². The molecule has 0 fully saturated rings. The van der Waals surface area contributed by atoms with Crippen LogP contribution in [0.15, 0.2) is 42.7 Å². The number of aromatic carboxylic acids is 1. The predicted octanol–water partition coefficient (Wildman–Crippen LogP) is 1.94. The summed E-state index contributed by atoms with van der Waals surface area (Å²) in [6.45, 7) is 0. The third-order valence-electron chi connectivity index (χ3n) is 2.62. The minimum Gasteiger partial charge on any atom is -0.478 e. The SMILES string of the molecule is O=C(O)c1cccc([N+](=O)[O-])c1C(=O)Nc1cccnc1. The van der Waals surface area contributed by atoms with Crippen LogP contribution in [-0.2, 0) is 0 Å². The average molecular weight is 287 g/mol. The standard InChI is InChI=1S/C13H9N3O5/c17-12(15-8-3-2-6-14-7-8)11-9(13(18)19)4-1-5-10(11)16(20)21/h1-7H,(H,15,17)(H,18,19). The molecule has 1 aromatic heterocycles. The van der Waals surface area contributed by atoms with Crippen LogP contribution < -0.4 is 5.32 Å². The summed E-state index contributed by atoms with van der Waals surface area (Å²) in [6.07, 6.45) is 2.83. The lowest BCUT2D eigenvalue weighted by Crippen LogP contribution is -2.18. The second-order valence-electron chi connectivity index (χ2n) is 3.96. The maximum absolute atomic E-state index is 12.2. The molecule has 0 saturated carbocycles. The first kappa shape index (κ1) is 14.1. The normalized spacial score (nSPS) is 9.90. The molecule has 0 radical (unpaired) electrons. The van der Waals surface area contributed by atoms with Crippen LogP contribution in [0.3, 0.4) is 0 Å². The monoisotopic (exact) mass is 287 g/mol. The van der Waals surface area contributed by atoms with E-state index in [0.717, 1.165) is 12.1 Å². The van der Waals surface area contributed by atoms with Crippen LogP contribution in [0.5, 0.6) is 0 Å². The molecule has 0 atom stereocenters. The lowest BCUT2D eigenvalue weighted by atomic mass is 10.0. The third-order valence-corrected chi connectivity index (χ3v) is 2.62. The molecule has 106 valence electrons.